The van der Waals surface area contributed by atoms with Gasteiger partial charge in [0.15, 0.2) is 5.69 Å². The number of nitrogens with zero attached hydrogens (tertiary/aromatic N) is 3. The molecule has 2 saturated heterocycles. The smallest absolute Gasteiger partial charge is 0.232 e. The van der Waals surface area contributed by atoms with Crippen molar-refractivity contribution < 1.29 is 9.47 Å². The molecule has 3 heterocycles. The standard InChI is InChI=1S/C13H16N4O2/c14-6-10-7-17-12(8-16-10)19-11-5-13(18-9-11)1-3-15-4-2-13/h7-8,11,15H,1-5,9H2. The van der Waals surface area contributed by atoms with Gasteiger partial charge in [-0.25, -0.2) is 9.97 Å². The third kappa shape index (κ3) is 2.67. The summed E-state index contributed by atoms with van der Waals surface area (Å²) in [4.78, 5) is 8.02. The van der Waals surface area contributed by atoms with Gasteiger partial charge in [0.05, 0.1) is 24.6 Å². The van der Waals surface area contributed by atoms with Gasteiger partial charge in [0.25, 0.3) is 0 Å². The molecule has 0 amide bonds. The van der Waals surface area contributed by atoms with Crippen LogP contribution < -0.4 is 10.1 Å². The second kappa shape index (κ2) is 5.11. The molecule has 2 fully saturated rings. The summed E-state index contributed by atoms with van der Waals surface area (Å²) >= 11 is 0. The highest BCUT2D eigenvalue weighted by Gasteiger charge is 2.42. The predicted octanol–water partition coefficient (Wildman–Crippen LogP) is 0.638. The Morgan fingerprint density at radius 1 is 1.37 bits per heavy atom. The topological polar surface area (TPSA) is 80.1 Å². The average Bonchev–Trinajstić information content (AvgIpc) is 2.83. The van der Waals surface area contributed by atoms with Crippen LogP contribution in [-0.2, 0) is 4.74 Å². The molecular formula is C13H16N4O2. The van der Waals surface area contributed by atoms with Gasteiger partial charge in [-0.1, -0.05) is 0 Å². The molecule has 3 rings (SSSR count). The van der Waals surface area contributed by atoms with Crippen LogP contribution in [0, 0.1) is 11.3 Å². The van der Waals surface area contributed by atoms with E-state index in [1.54, 1.807) is 0 Å². The SMILES string of the molecule is N#Cc1cnc(OC2COC3(CCNCC3)C2)cn1. The lowest BCUT2D eigenvalue weighted by atomic mass is 9.89. The van der Waals surface area contributed by atoms with Crippen LogP contribution in [0.1, 0.15) is 25.0 Å². The molecule has 6 nitrogen and oxygen atoms in total. The zero-order chi connectivity index (χ0) is 13.1. The van der Waals surface area contributed by atoms with Crippen molar-refractivity contribution in [3.8, 4) is 11.9 Å². The van der Waals surface area contributed by atoms with Gasteiger partial charge < -0.3 is 14.8 Å². The van der Waals surface area contributed by atoms with E-state index in [1.807, 2.05) is 6.07 Å². The summed E-state index contributed by atoms with van der Waals surface area (Å²) < 4.78 is 11.7. The average molecular weight is 260 g/mol. The minimum atomic E-state index is -0.0179. The number of hydrogen-bond acceptors (Lipinski definition) is 6. The highest BCUT2D eigenvalue weighted by Crippen LogP contribution is 2.35. The van der Waals surface area contributed by atoms with Crippen molar-refractivity contribution in [3.05, 3.63) is 18.1 Å². The number of nitriles is 1. The van der Waals surface area contributed by atoms with Crippen molar-refractivity contribution in [1.29, 1.82) is 5.26 Å². The number of piperidine rings is 1. The first-order valence-corrected chi connectivity index (χ1v) is 6.53. The summed E-state index contributed by atoms with van der Waals surface area (Å²) in [6, 6.07) is 1.93. The lowest BCUT2D eigenvalue weighted by Gasteiger charge is -2.32. The Bertz CT molecular complexity index is 476. The first kappa shape index (κ1) is 12.3. The van der Waals surface area contributed by atoms with Gasteiger partial charge in [0, 0.05) is 6.42 Å². The highest BCUT2D eigenvalue weighted by molar-refractivity contribution is 5.18. The molecule has 1 spiro atoms. The second-order valence-electron chi connectivity index (χ2n) is 5.04. The van der Waals surface area contributed by atoms with E-state index in [4.69, 9.17) is 14.7 Å². The lowest BCUT2D eigenvalue weighted by Crippen LogP contribution is -2.41. The third-order valence-corrected chi connectivity index (χ3v) is 3.72. The van der Waals surface area contributed by atoms with Crippen LogP contribution >= 0.6 is 0 Å². The summed E-state index contributed by atoms with van der Waals surface area (Å²) in [6.45, 7) is 2.61. The van der Waals surface area contributed by atoms with Crippen molar-refractivity contribution in [2.75, 3.05) is 19.7 Å². The largest absolute Gasteiger partial charge is 0.471 e. The number of ether oxygens (including phenoxy) is 2. The van der Waals surface area contributed by atoms with Gasteiger partial charge in [0.1, 0.15) is 12.2 Å². The van der Waals surface area contributed by atoms with Gasteiger partial charge in [0.2, 0.25) is 5.88 Å². The molecule has 1 N–H and O–H groups in total. The first-order chi connectivity index (χ1) is 9.30. The van der Waals surface area contributed by atoms with E-state index in [0.717, 1.165) is 32.4 Å². The van der Waals surface area contributed by atoms with Crippen LogP contribution in [0.4, 0.5) is 0 Å². The summed E-state index contributed by atoms with van der Waals surface area (Å²) in [6.07, 6.45) is 5.91. The minimum Gasteiger partial charge on any atom is -0.471 e. The molecule has 1 atom stereocenters. The fraction of sp³-hybridized carbons (Fsp3) is 0.615. The van der Waals surface area contributed by atoms with Gasteiger partial charge in [-0.3, -0.25) is 0 Å². The van der Waals surface area contributed by atoms with E-state index < -0.39 is 0 Å². The monoisotopic (exact) mass is 260 g/mol. The molecule has 100 valence electrons. The Hall–Kier alpha value is -1.71. The molecule has 0 aliphatic carbocycles. The minimum absolute atomic E-state index is 0.0179. The molecule has 1 aromatic rings. The van der Waals surface area contributed by atoms with E-state index in [-0.39, 0.29) is 11.7 Å². The molecule has 0 saturated carbocycles. The Morgan fingerprint density at radius 3 is 2.89 bits per heavy atom. The zero-order valence-electron chi connectivity index (χ0n) is 10.6. The predicted molar refractivity (Wildman–Crippen MR) is 66.6 cm³/mol. The number of aromatic nitrogens is 2. The Labute approximate surface area is 111 Å². The van der Waals surface area contributed by atoms with Crippen molar-refractivity contribution in [3.63, 3.8) is 0 Å². The lowest BCUT2D eigenvalue weighted by molar-refractivity contribution is -0.0205. The normalized spacial score (nSPS) is 25.1. The van der Waals surface area contributed by atoms with Crippen molar-refractivity contribution in [2.24, 2.45) is 0 Å². The summed E-state index contributed by atoms with van der Waals surface area (Å²) in [7, 11) is 0. The van der Waals surface area contributed by atoms with Crippen LogP contribution in [0.3, 0.4) is 0 Å². The Kier molecular flexibility index (Phi) is 3.32. The fourth-order valence-corrected chi connectivity index (χ4v) is 2.71. The highest BCUT2D eigenvalue weighted by atomic mass is 16.6. The van der Waals surface area contributed by atoms with Crippen molar-refractivity contribution in [1.82, 2.24) is 15.3 Å². The van der Waals surface area contributed by atoms with Gasteiger partial charge in [-0.15, -0.1) is 0 Å². The quantitative estimate of drug-likeness (QED) is 0.840. The van der Waals surface area contributed by atoms with E-state index >= 15 is 0 Å². The number of hydrogen-bond donors (Lipinski definition) is 1. The molecule has 0 bridgehead atoms. The Morgan fingerprint density at radius 2 is 2.21 bits per heavy atom. The van der Waals surface area contributed by atoms with Crippen LogP contribution in [0.15, 0.2) is 12.4 Å². The summed E-state index contributed by atoms with van der Waals surface area (Å²) in [5.41, 5.74) is 0.278. The fourth-order valence-electron chi connectivity index (χ4n) is 2.71. The molecule has 0 radical (unpaired) electrons. The summed E-state index contributed by atoms with van der Waals surface area (Å²) in [5.74, 6) is 0.457. The first-order valence-electron chi connectivity index (χ1n) is 6.53. The molecule has 1 unspecified atom stereocenters. The van der Waals surface area contributed by atoms with Gasteiger partial charge in [-0.05, 0) is 25.9 Å². The molecule has 6 heteroatoms. The van der Waals surface area contributed by atoms with Crippen molar-refractivity contribution >= 4 is 0 Å². The third-order valence-electron chi connectivity index (χ3n) is 3.72. The molecule has 19 heavy (non-hydrogen) atoms. The number of rotatable bonds is 2. The van der Waals surface area contributed by atoms with E-state index in [2.05, 4.69) is 15.3 Å². The molecular weight excluding hydrogens is 244 g/mol. The van der Waals surface area contributed by atoms with Gasteiger partial charge in [-0.2, -0.15) is 5.26 Å². The maximum absolute atomic E-state index is 8.66. The maximum Gasteiger partial charge on any atom is 0.232 e. The zero-order valence-corrected chi connectivity index (χ0v) is 10.6. The van der Waals surface area contributed by atoms with E-state index in [9.17, 15) is 0 Å². The molecule has 1 aromatic heterocycles. The Balaban J connectivity index is 1.60. The van der Waals surface area contributed by atoms with Gasteiger partial charge >= 0.3 is 0 Å². The van der Waals surface area contributed by atoms with Crippen LogP contribution in [0.5, 0.6) is 5.88 Å². The van der Waals surface area contributed by atoms with Crippen LogP contribution in [-0.4, -0.2) is 41.4 Å². The maximum atomic E-state index is 8.66. The second-order valence-corrected chi connectivity index (χ2v) is 5.04. The molecule has 0 aromatic carbocycles. The summed E-state index contributed by atoms with van der Waals surface area (Å²) in [5, 5.41) is 12.0. The van der Waals surface area contributed by atoms with Crippen LogP contribution in [0.25, 0.3) is 0 Å². The van der Waals surface area contributed by atoms with Crippen molar-refractivity contribution in [2.45, 2.75) is 31.0 Å². The van der Waals surface area contributed by atoms with Crippen LogP contribution in [0.2, 0.25) is 0 Å². The van der Waals surface area contributed by atoms with E-state index in [1.165, 1.54) is 12.4 Å². The molecule has 2 aliphatic heterocycles. The molecule has 2 aliphatic rings. The number of nitrogens with one attached hydrogen (secondary N) is 1. The van der Waals surface area contributed by atoms with E-state index in [0.29, 0.717) is 18.2 Å².